The van der Waals surface area contributed by atoms with Crippen LogP contribution < -0.4 is 5.32 Å². The van der Waals surface area contributed by atoms with Crippen LogP contribution in [0.4, 0.5) is 0 Å². The molecule has 0 fully saturated rings. The summed E-state index contributed by atoms with van der Waals surface area (Å²) in [6.07, 6.45) is 13.6. The van der Waals surface area contributed by atoms with E-state index in [-0.39, 0.29) is 12.3 Å². The molecule has 1 amide bonds. The normalized spacial score (nSPS) is 18.9. The molecule has 1 aliphatic heterocycles. The number of carboxylic acids is 1. The average molecular weight is 432 g/mol. The van der Waals surface area contributed by atoms with E-state index < -0.39 is 11.0 Å². The SMILES string of the molecule is CSCCCCCCCCCCC(=O)NC1(OCCCC(=O)O)CC(C)=CS1. The molecule has 0 bridgehead atoms. The smallest absolute Gasteiger partial charge is 0.303 e. The monoisotopic (exact) mass is 431 g/mol. The van der Waals surface area contributed by atoms with Gasteiger partial charge in [-0.3, -0.25) is 9.59 Å². The van der Waals surface area contributed by atoms with Gasteiger partial charge in [0, 0.05) is 19.3 Å². The van der Waals surface area contributed by atoms with Crippen LogP contribution in [-0.4, -0.2) is 40.7 Å². The zero-order valence-electron chi connectivity index (χ0n) is 17.5. The fourth-order valence-corrected chi connectivity index (χ4v) is 4.77. The summed E-state index contributed by atoms with van der Waals surface area (Å²) in [5.41, 5.74) is 1.17. The molecule has 1 atom stereocenters. The zero-order chi connectivity index (χ0) is 20.7. The van der Waals surface area contributed by atoms with E-state index in [0.717, 1.165) is 12.8 Å². The largest absolute Gasteiger partial charge is 0.481 e. The second kappa shape index (κ2) is 15.2. The molecule has 0 spiro atoms. The lowest BCUT2D eigenvalue weighted by atomic mass is 10.1. The number of hydrogen-bond donors (Lipinski definition) is 2. The zero-order valence-corrected chi connectivity index (χ0v) is 19.1. The Bertz CT molecular complexity index is 499. The molecule has 7 heteroatoms. The first kappa shape index (κ1) is 25.4. The molecule has 0 aromatic heterocycles. The molecule has 1 aliphatic rings. The molecule has 1 unspecified atom stereocenters. The number of thioether (sulfide) groups is 2. The summed E-state index contributed by atoms with van der Waals surface area (Å²) >= 11 is 3.40. The number of ether oxygens (including phenoxy) is 1. The molecule has 0 radical (unpaired) electrons. The first-order chi connectivity index (χ1) is 13.5. The molecule has 1 rings (SSSR count). The van der Waals surface area contributed by atoms with Crippen molar-refractivity contribution in [2.45, 2.75) is 89.0 Å². The fourth-order valence-electron chi connectivity index (χ4n) is 3.17. The van der Waals surface area contributed by atoms with Crippen LogP contribution in [0.3, 0.4) is 0 Å². The highest BCUT2D eigenvalue weighted by Crippen LogP contribution is 2.39. The van der Waals surface area contributed by atoms with Crippen molar-refractivity contribution >= 4 is 35.4 Å². The fraction of sp³-hybridized carbons (Fsp3) is 0.810. The van der Waals surface area contributed by atoms with Crippen LogP contribution in [0.25, 0.3) is 0 Å². The predicted molar refractivity (Wildman–Crippen MR) is 120 cm³/mol. The Balaban J connectivity index is 2.15. The van der Waals surface area contributed by atoms with Gasteiger partial charge >= 0.3 is 5.97 Å². The van der Waals surface area contributed by atoms with Gasteiger partial charge in [0.15, 0.2) is 5.06 Å². The van der Waals surface area contributed by atoms with Gasteiger partial charge in [-0.25, -0.2) is 0 Å². The third-order valence-corrected chi connectivity index (χ3v) is 6.63. The highest BCUT2D eigenvalue weighted by molar-refractivity contribution is 8.03. The van der Waals surface area contributed by atoms with E-state index in [1.165, 1.54) is 61.6 Å². The summed E-state index contributed by atoms with van der Waals surface area (Å²) in [6.45, 7) is 2.35. The van der Waals surface area contributed by atoms with E-state index in [0.29, 0.717) is 25.9 Å². The number of aliphatic carboxylic acids is 1. The van der Waals surface area contributed by atoms with Crippen molar-refractivity contribution in [2.75, 3.05) is 18.6 Å². The number of hydrogen-bond acceptors (Lipinski definition) is 5. The Morgan fingerprint density at radius 3 is 2.32 bits per heavy atom. The summed E-state index contributed by atoms with van der Waals surface area (Å²) in [7, 11) is 0. The van der Waals surface area contributed by atoms with Gasteiger partial charge in [0.2, 0.25) is 5.91 Å². The minimum Gasteiger partial charge on any atom is -0.481 e. The van der Waals surface area contributed by atoms with Crippen molar-refractivity contribution in [3.05, 3.63) is 11.0 Å². The van der Waals surface area contributed by atoms with Crippen molar-refractivity contribution in [1.29, 1.82) is 0 Å². The van der Waals surface area contributed by atoms with Crippen LogP contribution in [-0.2, 0) is 14.3 Å². The molecule has 0 saturated heterocycles. The van der Waals surface area contributed by atoms with Crippen molar-refractivity contribution < 1.29 is 19.4 Å². The molecule has 0 aromatic rings. The Morgan fingerprint density at radius 2 is 1.75 bits per heavy atom. The molecule has 28 heavy (non-hydrogen) atoms. The molecular weight excluding hydrogens is 394 g/mol. The van der Waals surface area contributed by atoms with Gasteiger partial charge in [-0.15, -0.1) is 0 Å². The van der Waals surface area contributed by atoms with E-state index in [1.807, 2.05) is 24.1 Å². The molecule has 2 N–H and O–H groups in total. The van der Waals surface area contributed by atoms with Crippen LogP contribution in [0.2, 0.25) is 0 Å². The van der Waals surface area contributed by atoms with Gasteiger partial charge in [-0.1, -0.05) is 55.9 Å². The second-order valence-corrected chi connectivity index (χ2v) is 9.59. The predicted octanol–water partition coefficient (Wildman–Crippen LogP) is 5.55. The van der Waals surface area contributed by atoms with E-state index in [2.05, 4.69) is 11.6 Å². The van der Waals surface area contributed by atoms with Crippen LogP contribution in [0, 0.1) is 0 Å². The van der Waals surface area contributed by atoms with Crippen LogP contribution >= 0.6 is 23.5 Å². The third kappa shape index (κ3) is 12.0. The van der Waals surface area contributed by atoms with Gasteiger partial charge in [-0.2, -0.15) is 11.8 Å². The van der Waals surface area contributed by atoms with Gasteiger partial charge in [0.05, 0.1) is 6.61 Å². The van der Waals surface area contributed by atoms with Crippen LogP contribution in [0.5, 0.6) is 0 Å². The maximum atomic E-state index is 12.4. The lowest BCUT2D eigenvalue weighted by Gasteiger charge is -2.30. The molecule has 0 aromatic carbocycles. The first-order valence-electron chi connectivity index (χ1n) is 10.5. The molecule has 1 heterocycles. The number of rotatable bonds is 17. The Kier molecular flexibility index (Phi) is 13.8. The van der Waals surface area contributed by atoms with E-state index in [1.54, 1.807) is 0 Å². The molecule has 0 aliphatic carbocycles. The average Bonchev–Trinajstić information content (AvgIpc) is 3.01. The van der Waals surface area contributed by atoms with Crippen molar-refractivity contribution in [2.24, 2.45) is 0 Å². The topological polar surface area (TPSA) is 75.6 Å². The maximum Gasteiger partial charge on any atom is 0.303 e. The lowest BCUT2D eigenvalue weighted by molar-refractivity contribution is -0.138. The summed E-state index contributed by atoms with van der Waals surface area (Å²) in [6, 6.07) is 0. The van der Waals surface area contributed by atoms with Crippen LogP contribution in [0.1, 0.15) is 84.0 Å². The lowest BCUT2D eigenvalue weighted by Crippen LogP contribution is -2.46. The number of unbranched alkanes of at least 4 members (excludes halogenated alkanes) is 7. The van der Waals surface area contributed by atoms with Crippen LogP contribution in [0.15, 0.2) is 11.0 Å². The van der Waals surface area contributed by atoms with Crippen molar-refractivity contribution in [3.63, 3.8) is 0 Å². The molecule has 5 nitrogen and oxygen atoms in total. The highest BCUT2D eigenvalue weighted by Gasteiger charge is 2.36. The number of carboxylic acid groups (broad SMARTS) is 1. The van der Waals surface area contributed by atoms with Gasteiger partial charge in [0.1, 0.15) is 0 Å². The quantitative estimate of drug-likeness (QED) is 0.232. The standard InChI is InChI=1S/C21H37NO4S2/c1-18-16-21(28-17-18,26-14-11-13-20(24)25)22-19(23)12-9-7-5-3-4-6-8-10-15-27-2/h17H,3-16H2,1-2H3,(H,22,23)(H,24,25). The maximum absolute atomic E-state index is 12.4. The number of carbonyl (C=O) groups is 2. The van der Waals surface area contributed by atoms with Crippen molar-refractivity contribution in [1.82, 2.24) is 5.32 Å². The number of nitrogens with one attached hydrogen (secondary N) is 1. The number of carbonyl (C=O) groups excluding carboxylic acids is 1. The summed E-state index contributed by atoms with van der Waals surface area (Å²) < 4.78 is 5.90. The first-order valence-corrected chi connectivity index (χ1v) is 12.7. The molecule has 0 saturated carbocycles. The Hall–Kier alpha value is -0.660. The van der Waals surface area contributed by atoms with E-state index >= 15 is 0 Å². The van der Waals surface area contributed by atoms with Gasteiger partial charge in [-0.05, 0) is 43.6 Å². The van der Waals surface area contributed by atoms with Gasteiger partial charge in [0.25, 0.3) is 0 Å². The Labute approximate surface area is 178 Å². The van der Waals surface area contributed by atoms with Crippen molar-refractivity contribution in [3.8, 4) is 0 Å². The summed E-state index contributed by atoms with van der Waals surface area (Å²) in [5.74, 6) is 0.466. The van der Waals surface area contributed by atoms with Gasteiger partial charge < -0.3 is 15.2 Å². The van der Waals surface area contributed by atoms with E-state index in [9.17, 15) is 9.59 Å². The minimum absolute atomic E-state index is 0.0194. The minimum atomic E-state index is -0.824. The third-order valence-electron chi connectivity index (χ3n) is 4.66. The molecular formula is C21H37NO4S2. The second-order valence-electron chi connectivity index (χ2n) is 7.48. The van der Waals surface area contributed by atoms with E-state index in [4.69, 9.17) is 9.84 Å². The summed E-state index contributed by atoms with van der Waals surface area (Å²) in [4.78, 5) is 23.0. The number of amides is 1. The summed E-state index contributed by atoms with van der Waals surface area (Å²) in [5, 5.41) is 13.0. The molecule has 162 valence electrons. The highest BCUT2D eigenvalue weighted by atomic mass is 32.2. The Morgan fingerprint density at radius 1 is 1.11 bits per heavy atom.